The molecule has 1 amide bonds. The molecule has 0 aliphatic rings. The minimum atomic E-state index is 0.00139. The number of amides is 1. The topological polar surface area (TPSA) is 59.1 Å². The van der Waals surface area contributed by atoms with Crippen LogP contribution >= 0.6 is 23.1 Å². The second kappa shape index (κ2) is 13.1. The first-order valence-electron chi connectivity index (χ1n) is 10.7. The van der Waals surface area contributed by atoms with E-state index in [0.717, 1.165) is 49.1 Å². The SMILES string of the molecule is O=C(CCCCCCC(=O)SCCc1ccccc1)Nc1nc(-c2ccccc2)cs1. The Kier molecular flexibility index (Phi) is 9.80. The van der Waals surface area contributed by atoms with Gasteiger partial charge in [0.05, 0.1) is 5.69 Å². The lowest BCUT2D eigenvalue weighted by atomic mass is 10.1. The Morgan fingerprint density at radius 2 is 1.55 bits per heavy atom. The first-order valence-corrected chi connectivity index (χ1v) is 12.6. The Labute approximate surface area is 192 Å². The van der Waals surface area contributed by atoms with Gasteiger partial charge < -0.3 is 5.32 Å². The Morgan fingerprint density at radius 1 is 0.871 bits per heavy atom. The van der Waals surface area contributed by atoms with E-state index in [4.69, 9.17) is 0 Å². The molecular weight excluding hydrogens is 424 g/mol. The Balaban J connectivity index is 1.22. The summed E-state index contributed by atoms with van der Waals surface area (Å²) in [7, 11) is 0. The van der Waals surface area contributed by atoms with Crippen molar-refractivity contribution in [1.29, 1.82) is 0 Å². The number of thiazole rings is 1. The highest BCUT2D eigenvalue weighted by Crippen LogP contribution is 2.24. The molecule has 0 unspecified atom stereocenters. The van der Waals surface area contributed by atoms with Crippen molar-refractivity contribution in [3.05, 3.63) is 71.6 Å². The number of carbonyl (C=O) groups excluding carboxylic acids is 2. The Morgan fingerprint density at radius 3 is 2.29 bits per heavy atom. The molecule has 0 aliphatic heterocycles. The second-order valence-corrected chi connectivity index (χ2v) is 9.33. The van der Waals surface area contributed by atoms with Gasteiger partial charge in [0, 0.05) is 29.5 Å². The highest BCUT2D eigenvalue weighted by molar-refractivity contribution is 8.13. The Hall–Kier alpha value is -2.44. The van der Waals surface area contributed by atoms with Crippen LogP contribution in [-0.4, -0.2) is 21.8 Å². The van der Waals surface area contributed by atoms with Crippen LogP contribution in [0.2, 0.25) is 0 Å². The van der Waals surface area contributed by atoms with Crippen molar-refractivity contribution in [3.8, 4) is 11.3 Å². The van der Waals surface area contributed by atoms with E-state index in [1.807, 2.05) is 53.9 Å². The summed E-state index contributed by atoms with van der Waals surface area (Å²) in [5.74, 6) is 0.840. The predicted octanol–water partition coefficient (Wildman–Crippen LogP) is 6.59. The molecule has 3 aromatic rings. The fourth-order valence-corrected chi connectivity index (χ4v) is 4.75. The van der Waals surface area contributed by atoms with Crippen molar-refractivity contribution in [2.45, 2.75) is 44.9 Å². The molecule has 0 bridgehead atoms. The van der Waals surface area contributed by atoms with E-state index in [9.17, 15) is 9.59 Å². The number of benzene rings is 2. The van der Waals surface area contributed by atoms with Gasteiger partial charge in [-0.25, -0.2) is 4.98 Å². The molecule has 1 N–H and O–H groups in total. The van der Waals surface area contributed by atoms with Gasteiger partial charge in [0.15, 0.2) is 10.2 Å². The van der Waals surface area contributed by atoms with E-state index in [2.05, 4.69) is 22.4 Å². The van der Waals surface area contributed by atoms with Crippen LogP contribution < -0.4 is 5.32 Å². The van der Waals surface area contributed by atoms with Gasteiger partial charge in [0.2, 0.25) is 5.91 Å². The van der Waals surface area contributed by atoms with Crippen molar-refractivity contribution >= 4 is 39.3 Å². The number of rotatable bonds is 12. The molecule has 0 saturated carbocycles. The van der Waals surface area contributed by atoms with Crippen LogP contribution in [0, 0.1) is 0 Å². The summed E-state index contributed by atoms with van der Waals surface area (Å²) in [6.07, 6.45) is 5.70. The van der Waals surface area contributed by atoms with Crippen LogP contribution in [0.5, 0.6) is 0 Å². The van der Waals surface area contributed by atoms with Gasteiger partial charge in [-0.05, 0) is 24.8 Å². The fraction of sp³-hybridized carbons (Fsp3) is 0.320. The molecule has 0 atom stereocenters. The molecule has 3 rings (SSSR count). The van der Waals surface area contributed by atoms with Gasteiger partial charge in [0.25, 0.3) is 0 Å². The molecule has 0 saturated heterocycles. The molecule has 0 fully saturated rings. The van der Waals surface area contributed by atoms with E-state index in [0.29, 0.717) is 18.0 Å². The first-order chi connectivity index (χ1) is 15.2. The lowest BCUT2D eigenvalue weighted by molar-refractivity contribution is -0.116. The third-order valence-electron chi connectivity index (χ3n) is 4.85. The molecule has 6 heteroatoms. The summed E-state index contributed by atoms with van der Waals surface area (Å²) in [4.78, 5) is 28.6. The van der Waals surface area contributed by atoms with Gasteiger partial charge in [-0.2, -0.15) is 0 Å². The normalized spacial score (nSPS) is 10.7. The van der Waals surface area contributed by atoms with Crippen LogP contribution in [-0.2, 0) is 16.0 Å². The van der Waals surface area contributed by atoms with E-state index in [1.54, 1.807) is 0 Å². The second-order valence-electron chi connectivity index (χ2n) is 7.32. The zero-order valence-electron chi connectivity index (χ0n) is 17.6. The number of hydrogen-bond acceptors (Lipinski definition) is 5. The molecule has 0 radical (unpaired) electrons. The number of nitrogens with one attached hydrogen (secondary N) is 1. The number of nitrogens with zero attached hydrogens (tertiary/aromatic N) is 1. The monoisotopic (exact) mass is 452 g/mol. The lowest BCUT2D eigenvalue weighted by Gasteiger charge is -2.03. The summed E-state index contributed by atoms with van der Waals surface area (Å²) in [6.45, 7) is 0. The molecule has 162 valence electrons. The van der Waals surface area contributed by atoms with Gasteiger partial charge in [0.1, 0.15) is 0 Å². The average Bonchev–Trinajstić information content (AvgIpc) is 3.26. The molecule has 2 aromatic carbocycles. The van der Waals surface area contributed by atoms with Crippen molar-refractivity contribution in [2.75, 3.05) is 11.1 Å². The van der Waals surface area contributed by atoms with E-state index >= 15 is 0 Å². The fourth-order valence-electron chi connectivity index (χ4n) is 3.16. The summed E-state index contributed by atoms with van der Waals surface area (Å²) in [6, 6.07) is 20.2. The largest absolute Gasteiger partial charge is 0.302 e. The first kappa shape index (κ1) is 23.2. The maximum atomic E-state index is 12.1. The lowest BCUT2D eigenvalue weighted by Crippen LogP contribution is -2.10. The number of thioether (sulfide) groups is 1. The minimum Gasteiger partial charge on any atom is -0.302 e. The molecule has 1 heterocycles. The van der Waals surface area contributed by atoms with E-state index in [1.165, 1.54) is 28.7 Å². The van der Waals surface area contributed by atoms with Gasteiger partial charge in [-0.15, -0.1) is 11.3 Å². The van der Waals surface area contributed by atoms with Crippen molar-refractivity contribution in [2.24, 2.45) is 0 Å². The van der Waals surface area contributed by atoms with E-state index < -0.39 is 0 Å². The number of hydrogen-bond donors (Lipinski definition) is 1. The number of aromatic nitrogens is 1. The van der Waals surface area contributed by atoms with Crippen molar-refractivity contribution in [1.82, 2.24) is 4.98 Å². The standard InChI is InChI=1S/C25H28N2O2S2/c28-23(27-25-26-22(19-31-25)21-13-7-4-8-14-21)15-9-1-2-10-16-24(29)30-18-17-20-11-5-3-6-12-20/h3-8,11-14,19H,1-2,9-10,15-18H2,(H,26,27,28). The summed E-state index contributed by atoms with van der Waals surface area (Å²) < 4.78 is 0. The third kappa shape index (κ3) is 8.67. The van der Waals surface area contributed by atoms with E-state index in [-0.39, 0.29) is 11.0 Å². The number of unbranched alkanes of at least 4 members (excludes halogenated alkanes) is 3. The minimum absolute atomic E-state index is 0.00139. The van der Waals surface area contributed by atoms with Gasteiger partial charge in [-0.3, -0.25) is 9.59 Å². The molecule has 0 spiro atoms. The molecule has 0 aliphatic carbocycles. The number of aryl methyl sites for hydroxylation is 1. The van der Waals surface area contributed by atoms with Crippen LogP contribution in [0.3, 0.4) is 0 Å². The van der Waals surface area contributed by atoms with Gasteiger partial charge in [-0.1, -0.05) is 85.3 Å². The number of carbonyl (C=O) groups is 2. The smallest absolute Gasteiger partial charge is 0.226 e. The quantitative estimate of drug-likeness (QED) is 0.315. The highest BCUT2D eigenvalue weighted by atomic mass is 32.2. The van der Waals surface area contributed by atoms with Crippen LogP contribution in [0.1, 0.15) is 44.1 Å². The number of anilines is 1. The molecule has 31 heavy (non-hydrogen) atoms. The van der Waals surface area contributed by atoms with Crippen molar-refractivity contribution < 1.29 is 9.59 Å². The van der Waals surface area contributed by atoms with Gasteiger partial charge >= 0.3 is 0 Å². The molecule has 4 nitrogen and oxygen atoms in total. The maximum absolute atomic E-state index is 12.1. The highest BCUT2D eigenvalue weighted by Gasteiger charge is 2.08. The molecular formula is C25H28N2O2S2. The predicted molar refractivity (Wildman–Crippen MR) is 131 cm³/mol. The van der Waals surface area contributed by atoms with Crippen LogP contribution in [0.25, 0.3) is 11.3 Å². The summed E-state index contributed by atoms with van der Waals surface area (Å²) in [5, 5.41) is 5.76. The third-order valence-corrected chi connectivity index (χ3v) is 6.54. The summed E-state index contributed by atoms with van der Waals surface area (Å²) >= 11 is 2.88. The average molecular weight is 453 g/mol. The maximum Gasteiger partial charge on any atom is 0.226 e. The Bertz CT molecular complexity index is 942. The zero-order valence-corrected chi connectivity index (χ0v) is 19.2. The molecule has 1 aromatic heterocycles. The summed E-state index contributed by atoms with van der Waals surface area (Å²) in [5.41, 5.74) is 3.20. The zero-order chi connectivity index (χ0) is 21.7. The van der Waals surface area contributed by atoms with Crippen molar-refractivity contribution in [3.63, 3.8) is 0 Å². The van der Waals surface area contributed by atoms with Crippen LogP contribution in [0.15, 0.2) is 66.0 Å². The van der Waals surface area contributed by atoms with Crippen LogP contribution in [0.4, 0.5) is 5.13 Å².